The molecule has 3 aromatic rings. The molecule has 0 amide bonds. The average Bonchev–Trinajstić information content (AvgIpc) is 2.52. The van der Waals surface area contributed by atoms with Gasteiger partial charge in [0.25, 0.3) is 11.1 Å². The van der Waals surface area contributed by atoms with E-state index in [9.17, 15) is 14.7 Å². The van der Waals surface area contributed by atoms with Crippen LogP contribution in [0.15, 0.2) is 33.9 Å². The molecule has 0 unspecified atom stereocenters. The van der Waals surface area contributed by atoms with Gasteiger partial charge in [0, 0.05) is 0 Å². The Balaban J connectivity index is 1.98. The number of aromatic hydroxyl groups is 1. The molecule has 1 aromatic carbocycles. The Morgan fingerprint density at radius 3 is 2.65 bits per heavy atom. The summed E-state index contributed by atoms with van der Waals surface area (Å²) in [6, 6.07) is 6.83. The van der Waals surface area contributed by atoms with Crippen LogP contribution in [0.1, 0.15) is 11.4 Å². The first kappa shape index (κ1) is 14.9. The number of hydrogen-bond acceptors (Lipinski definition) is 6. The van der Waals surface area contributed by atoms with Crippen molar-refractivity contribution in [3.8, 4) is 5.88 Å². The Kier molecular flexibility index (Phi) is 3.62. The molecule has 9 heteroatoms. The quantitative estimate of drug-likeness (QED) is 0.513. The van der Waals surface area contributed by atoms with E-state index in [0.717, 1.165) is 0 Å². The fourth-order valence-electron chi connectivity index (χ4n) is 1.94. The van der Waals surface area contributed by atoms with E-state index in [0.29, 0.717) is 10.9 Å². The molecule has 0 aliphatic rings. The Hall–Kier alpha value is -3.07. The number of anilines is 1. The van der Waals surface area contributed by atoms with Crippen LogP contribution in [0.2, 0.25) is 0 Å². The van der Waals surface area contributed by atoms with Crippen molar-refractivity contribution in [2.75, 3.05) is 5.32 Å². The van der Waals surface area contributed by atoms with Crippen LogP contribution in [0.3, 0.4) is 0 Å². The predicted molar refractivity (Wildman–Crippen MR) is 88.9 cm³/mol. The number of rotatable bonds is 2. The molecule has 116 valence electrons. The molecule has 4 N–H and O–H groups in total. The number of nitrogens with zero attached hydrogens (tertiary/aromatic N) is 2. The van der Waals surface area contributed by atoms with Gasteiger partial charge in [-0.15, -0.1) is 0 Å². The minimum atomic E-state index is -0.497. The van der Waals surface area contributed by atoms with E-state index < -0.39 is 11.4 Å². The maximum Gasteiger partial charge on any atom is 0.259 e. The lowest BCUT2D eigenvalue weighted by atomic mass is 10.2. The van der Waals surface area contributed by atoms with E-state index in [1.807, 2.05) is 0 Å². The van der Waals surface area contributed by atoms with Gasteiger partial charge in [-0.2, -0.15) is 4.98 Å². The lowest BCUT2D eigenvalue weighted by molar-refractivity contribution is 0.447. The number of fused-ring (bicyclic) bond motifs is 1. The normalized spacial score (nSPS) is 10.7. The molecule has 2 aromatic heterocycles. The molecule has 0 aliphatic carbocycles. The molecule has 0 aliphatic heterocycles. The van der Waals surface area contributed by atoms with Crippen LogP contribution >= 0.6 is 12.2 Å². The van der Waals surface area contributed by atoms with Gasteiger partial charge in [0.05, 0.1) is 16.5 Å². The highest BCUT2D eigenvalue weighted by molar-refractivity contribution is 7.81. The predicted octanol–water partition coefficient (Wildman–Crippen LogP) is 0.808. The van der Waals surface area contributed by atoms with Gasteiger partial charge in [-0.3, -0.25) is 14.6 Å². The van der Waals surface area contributed by atoms with Crippen molar-refractivity contribution >= 4 is 34.1 Å². The van der Waals surface area contributed by atoms with E-state index in [-0.39, 0.29) is 27.9 Å². The first-order valence-corrected chi connectivity index (χ1v) is 6.97. The number of aromatic amines is 2. The number of H-pyrrole nitrogens is 2. The van der Waals surface area contributed by atoms with Crippen molar-refractivity contribution in [2.24, 2.45) is 0 Å². The average molecular weight is 329 g/mol. The molecule has 23 heavy (non-hydrogen) atoms. The van der Waals surface area contributed by atoms with Crippen LogP contribution in [-0.2, 0) is 0 Å². The van der Waals surface area contributed by atoms with Crippen molar-refractivity contribution in [3.05, 3.63) is 56.4 Å². The first-order chi connectivity index (χ1) is 11.0. The number of para-hydroxylation sites is 1. The summed E-state index contributed by atoms with van der Waals surface area (Å²) in [4.78, 5) is 36.7. The second-order valence-electron chi connectivity index (χ2n) is 4.75. The lowest BCUT2D eigenvalue weighted by Gasteiger charge is -2.08. The van der Waals surface area contributed by atoms with Gasteiger partial charge in [-0.25, -0.2) is 4.98 Å². The van der Waals surface area contributed by atoms with Crippen molar-refractivity contribution < 1.29 is 5.11 Å². The third-order valence-corrected chi connectivity index (χ3v) is 3.48. The largest absolute Gasteiger partial charge is 0.493 e. The second-order valence-corrected chi connectivity index (χ2v) is 5.16. The van der Waals surface area contributed by atoms with Gasteiger partial charge in [-0.05, 0) is 19.1 Å². The summed E-state index contributed by atoms with van der Waals surface area (Å²) in [5, 5.41) is 12.6. The highest BCUT2D eigenvalue weighted by atomic mass is 32.1. The minimum Gasteiger partial charge on any atom is -0.493 e. The molecule has 3 rings (SSSR count). The summed E-state index contributed by atoms with van der Waals surface area (Å²) in [7, 11) is 0. The van der Waals surface area contributed by atoms with Gasteiger partial charge < -0.3 is 15.4 Å². The highest BCUT2D eigenvalue weighted by Crippen LogP contribution is 2.10. The zero-order valence-electron chi connectivity index (χ0n) is 11.9. The summed E-state index contributed by atoms with van der Waals surface area (Å²) in [5.41, 5.74) is -0.243. The monoisotopic (exact) mass is 329 g/mol. The summed E-state index contributed by atoms with van der Waals surface area (Å²) in [5.74, 6) is -0.315. The number of benzene rings is 1. The molecular formula is C14H11N5O3S. The summed E-state index contributed by atoms with van der Waals surface area (Å²) in [6.45, 7) is 1.44. The van der Waals surface area contributed by atoms with Crippen molar-refractivity contribution in [3.63, 3.8) is 0 Å². The maximum atomic E-state index is 12.0. The van der Waals surface area contributed by atoms with Crippen LogP contribution in [0, 0.1) is 6.92 Å². The van der Waals surface area contributed by atoms with E-state index in [4.69, 9.17) is 12.2 Å². The number of nitrogens with one attached hydrogen (secondary N) is 3. The number of aromatic nitrogens is 4. The van der Waals surface area contributed by atoms with Gasteiger partial charge in [0.15, 0.2) is 5.82 Å². The molecule has 0 saturated heterocycles. The molecule has 8 nitrogen and oxygen atoms in total. The maximum absolute atomic E-state index is 12.0. The van der Waals surface area contributed by atoms with Crippen LogP contribution in [0.5, 0.6) is 5.88 Å². The third kappa shape index (κ3) is 2.81. The van der Waals surface area contributed by atoms with Crippen LogP contribution < -0.4 is 16.4 Å². The fraction of sp³-hybridized carbons (Fsp3) is 0.0714. The Bertz CT molecular complexity index is 1040. The Morgan fingerprint density at radius 1 is 1.17 bits per heavy atom. The summed E-state index contributed by atoms with van der Waals surface area (Å²) >= 11 is 5.16. The standard InChI is InChI=1S/C14H11N5O3S/c1-6-10(20)17-14(18-11(6)21)19-13(23)9-15-8-5-3-2-4-7(8)12(22)16-9/h2-5H,1H3,(H,15,16,22)(H3,17,18,19,20,21,23). The van der Waals surface area contributed by atoms with E-state index in [2.05, 4.69) is 25.3 Å². The molecule has 0 saturated carbocycles. The molecule has 0 fully saturated rings. The van der Waals surface area contributed by atoms with Gasteiger partial charge in [-0.1, -0.05) is 24.4 Å². The topological polar surface area (TPSA) is 124 Å². The van der Waals surface area contributed by atoms with Gasteiger partial charge in [0.2, 0.25) is 11.8 Å². The van der Waals surface area contributed by atoms with Gasteiger partial charge >= 0.3 is 0 Å². The first-order valence-electron chi connectivity index (χ1n) is 6.56. The smallest absolute Gasteiger partial charge is 0.259 e. The zero-order valence-corrected chi connectivity index (χ0v) is 12.7. The van der Waals surface area contributed by atoms with Crippen LogP contribution in [0.4, 0.5) is 5.95 Å². The number of hydrogen-bond donors (Lipinski definition) is 4. The molecule has 0 atom stereocenters. The van der Waals surface area contributed by atoms with Gasteiger partial charge in [0.1, 0.15) is 4.99 Å². The zero-order chi connectivity index (χ0) is 16.6. The van der Waals surface area contributed by atoms with Crippen molar-refractivity contribution in [1.82, 2.24) is 19.9 Å². The highest BCUT2D eigenvalue weighted by Gasteiger charge is 2.11. The van der Waals surface area contributed by atoms with Crippen molar-refractivity contribution in [2.45, 2.75) is 6.92 Å². The Labute approximate surface area is 134 Å². The SMILES string of the molecule is Cc1c(O)nc(NC(=S)c2nc3ccccc3c(=O)[nH]2)[nH]c1=O. The van der Waals surface area contributed by atoms with Crippen molar-refractivity contribution in [1.29, 1.82) is 0 Å². The van der Waals surface area contributed by atoms with E-state index in [1.54, 1.807) is 24.3 Å². The lowest BCUT2D eigenvalue weighted by Crippen LogP contribution is -2.23. The minimum absolute atomic E-state index is 0.0427. The van der Waals surface area contributed by atoms with Crippen LogP contribution in [-0.4, -0.2) is 30.0 Å². The Morgan fingerprint density at radius 2 is 1.91 bits per heavy atom. The molecule has 0 spiro atoms. The molecule has 0 bridgehead atoms. The number of thiocarbonyl (C=S) groups is 1. The third-order valence-electron chi connectivity index (χ3n) is 3.19. The summed E-state index contributed by atoms with van der Waals surface area (Å²) in [6.07, 6.45) is 0. The van der Waals surface area contributed by atoms with E-state index >= 15 is 0 Å². The molecular weight excluding hydrogens is 318 g/mol. The molecule has 0 radical (unpaired) electrons. The van der Waals surface area contributed by atoms with E-state index in [1.165, 1.54) is 6.92 Å². The fourth-order valence-corrected chi connectivity index (χ4v) is 2.13. The molecule has 2 heterocycles. The summed E-state index contributed by atoms with van der Waals surface area (Å²) < 4.78 is 0. The van der Waals surface area contributed by atoms with Crippen LogP contribution in [0.25, 0.3) is 10.9 Å². The second kappa shape index (κ2) is 5.61.